The van der Waals surface area contributed by atoms with E-state index >= 15 is 0 Å². The zero-order valence-electron chi connectivity index (χ0n) is 13.3. The Morgan fingerprint density at radius 1 is 1.12 bits per heavy atom. The zero-order valence-corrected chi connectivity index (χ0v) is 13.3. The predicted octanol–water partition coefficient (Wildman–Crippen LogP) is 2.10. The Balaban J connectivity index is 1.45. The average Bonchev–Trinajstić information content (AvgIpc) is 3.39. The summed E-state index contributed by atoms with van der Waals surface area (Å²) in [5.41, 5.74) is 1.85. The number of hydrogen-bond donors (Lipinski definition) is 2. The summed E-state index contributed by atoms with van der Waals surface area (Å²) >= 11 is 0. The third-order valence-electron chi connectivity index (χ3n) is 4.12. The lowest BCUT2D eigenvalue weighted by Crippen LogP contribution is -2.38. The minimum Gasteiger partial charge on any atom is -0.351 e. The van der Waals surface area contributed by atoms with Crippen LogP contribution in [0.25, 0.3) is 0 Å². The molecule has 6 heteroatoms. The van der Waals surface area contributed by atoms with E-state index in [1.54, 1.807) is 24.3 Å². The molecular formula is C19H16FN3O2. The second-order valence-electron chi connectivity index (χ2n) is 5.94. The van der Waals surface area contributed by atoms with Crippen molar-refractivity contribution in [2.45, 2.75) is 18.4 Å². The lowest BCUT2D eigenvalue weighted by Gasteiger charge is -2.07. The molecule has 1 fully saturated rings. The van der Waals surface area contributed by atoms with Crippen LogP contribution in [0.2, 0.25) is 0 Å². The highest BCUT2D eigenvalue weighted by Crippen LogP contribution is 2.40. The fraction of sp³-hybridized carbons (Fsp3) is 0.211. The fourth-order valence-electron chi connectivity index (χ4n) is 2.65. The Morgan fingerprint density at radius 3 is 2.44 bits per heavy atom. The van der Waals surface area contributed by atoms with Gasteiger partial charge in [-0.1, -0.05) is 12.1 Å². The largest absolute Gasteiger partial charge is 0.351 e. The van der Waals surface area contributed by atoms with Crippen molar-refractivity contribution in [3.63, 3.8) is 0 Å². The van der Waals surface area contributed by atoms with E-state index in [2.05, 4.69) is 10.6 Å². The van der Waals surface area contributed by atoms with Crippen LogP contribution in [0, 0.1) is 17.1 Å². The normalized spacial score (nSPS) is 18.1. The van der Waals surface area contributed by atoms with E-state index in [0.29, 0.717) is 11.1 Å². The summed E-state index contributed by atoms with van der Waals surface area (Å²) in [6.07, 6.45) is 0.806. The maximum atomic E-state index is 12.9. The summed E-state index contributed by atoms with van der Waals surface area (Å²) in [7, 11) is 0. The SMILES string of the molecule is N#Cc1ccc(C(=O)NCC(=O)N[C@@H]2C[C@H]2c2ccc(F)cc2)cc1. The highest BCUT2D eigenvalue weighted by Gasteiger charge is 2.39. The van der Waals surface area contributed by atoms with Crippen LogP contribution in [-0.2, 0) is 4.79 Å². The van der Waals surface area contributed by atoms with Gasteiger partial charge in [0.25, 0.3) is 5.91 Å². The van der Waals surface area contributed by atoms with Crippen LogP contribution in [0.1, 0.15) is 33.8 Å². The van der Waals surface area contributed by atoms with E-state index in [-0.39, 0.29) is 36.1 Å². The van der Waals surface area contributed by atoms with Crippen molar-refractivity contribution in [3.8, 4) is 6.07 Å². The summed E-state index contributed by atoms with van der Waals surface area (Å²) in [5, 5.41) is 14.1. The van der Waals surface area contributed by atoms with Crippen LogP contribution in [0.5, 0.6) is 0 Å². The molecule has 0 spiro atoms. The smallest absolute Gasteiger partial charge is 0.251 e. The second-order valence-corrected chi connectivity index (χ2v) is 5.94. The molecule has 2 aromatic rings. The molecule has 0 radical (unpaired) electrons. The molecule has 0 bridgehead atoms. The fourth-order valence-corrected chi connectivity index (χ4v) is 2.65. The third kappa shape index (κ3) is 4.21. The quantitative estimate of drug-likeness (QED) is 0.876. The summed E-state index contributed by atoms with van der Waals surface area (Å²) < 4.78 is 12.9. The van der Waals surface area contributed by atoms with Gasteiger partial charge in [-0.3, -0.25) is 9.59 Å². The number of halogens is 1. The highest BCUT2D eigenvalue weighted by atomic mass is 19.1. The second kappa shape index (κ2) is 7.14. The van der Waals surface area contributed by atoms with Crippen LogP contribution in [0.3, 0.4) is 0 Å². The summed E-state index contributed by atoms with van der Waals surface area (Å²) in [6.45, 7) is -0.120. The van der Waals surface area contributed by atoms with E-state index < -0.39 is 0 Å². The first-order valence-corrected chi connectivity index (χ1v) is 7.90. The topological polar surface area (TPSA) is 82.0 Å². The zero-order chi connectivity index (χ0) is 17.8. The van der Waals surface area contributed by atoms with Gasteiger partial charge in [0.2, 0.25) is 5.91 Å². The maximum absolute atomic E-state index is 12.9. The molecule has 2 aromatic carbocycles. The van der Waals surface area contributed by atoms with Crippen LogP contribution in [-0.4, -0.2) is 24.4 Å². The van der Waals surface area contributed by atoms with Crippen molar-refractivity contribution in [1.29, 1.82) is 5.26 Å². The van der Waals surface area contributed by atoms with Gasteiger partial charge < -0.3 is 10.6 Å². The van der Waals surface area contributed by atoms with Crippen molar-refractivity contribution < 1.29 is 14.0 Å². The Labute approximate surface area is 144 Å². The number of nitrogens with zero attached hydrogens (tertiary/aromatic N) is 1. The lowest BCUT2D eigenvalue weighted by atomic mass is 10.1. The van der Waals surface area contributed by atoms with Gasteiger partial charge in [-0.25, -0.2) is 4.39 Å². The monoisotopic (exact) mass is 337 g/mol. The molecule has 1 aliphatic rings. The first-order chi connectivity index (χ1) is 12.1. The minimum atomic E-state index is -0.370. The third-order valence-corrected chi connectivity index (χ3v) is 4.12. The van der Waals surface area contributed by atoms with Crippen molar-refractivity contribution in [2.75, 3.05) is 6.54 Å². The molecule has 2 amide bonds. The van der Waals surface area contributed by atoms with Crippen molar-refractivity contribution in [2.24, 2.45) is 0 Å². The standard InChI is InChI=1S/C19H16FN3O2/c20-15-7-5-13(6-8-15)16-9-17(16)23-18(24)11-22-19(25)14-3-1-12(10-21)2-4-14/h1-8,16-17H,9,11H2,(H,22,25)(H,23,24)/t16-,17+/m0/s1. The van der Waals surface area contributed by atoms with Crippen LogP contribution < -0.4 is 10.6 Å². The summed E-state index contributed by atoms with van der Waals surface area (Å²) in [4.78, 5) is 23.9. The van der Waals surface area contributed by atoms with Gasteiger partial charge in [-0.05, 0) is 48.4 Å². The number of hydrogen-bond acceptors (Lipinski definition) is 3. The average molecular weight is 337 g/mol. The number of carbonyl (C=O) groups is 2. The summed E-state index contributed by atoms with van der Waals surface area (Å²) in [5.74, 6) is -0.726. The molecule has 5 nitrogen and oxygen atoms in total. The van der Waals surface area contributed by atoms with Gasteiger partial charge >= 0.3 is 0 Å². The first kappa shape index (κ1) is 16.7. The molecule has 0 saturated heterocycles. The first-order valence-electron chi connectivity index (χ1n) is 7.90. The highest BCUT2D eigenvalue weighted by molar-refractivity contribution is 5.96. The Bertz CT molecular complexity index is 825. The van der Waals surface area contributed by atoms with Crippen LogP contribution >= 0.6 is 0 Å². The van der Waals surface area contributed by atoms with Gasteiger partial charge in [0.1, 0.15) is 5.82 Å². The molecule has 3 rings (SSSR count). The van der Waals surface area contributed by atoms with E-state index in [0.717, 1.165) is 12.0 Å². The molecule has 2 atom stereocenters. The van der Waals surface area contributed by atoms with Crippen LogP contribution in [0.4, 0.5) is 4.39 Å². The van der Waals surface area contributed by atoms with E-state index in [4.69, 9.17) is 5.26 Å². The maximum Gasteiger partial charge on any atom is 0.251 e. The molecule has 25 heavy (non-hydrogen) atoms. The van der Waals surface area contributed by atoms with Gasteiger partial charge in [-0.15, -0.1) is 0 Å². The summed E-state index contributed by atoms with van der Waals surface area (Å²) in [6, 6.07) is 14.4. The lowest BCUT2D eigenvalue weighted by molar-refractivity contribution is -0.120. The Hall–Kier alpha value is -3.20. The number of amides is 2. The van der Waals surface area contributed by atoms with Gasteiger partial charge in [-0.2, -0.15) is 5.26 Å². The molecule has 1 aliphatic carbocycles. The van der Waals surface area contributed by atoms with Crippen molar-refractivity contribution in [3.05, 3.63) is 71.0 Å². The molecule has 0 unspecified atom stereocenters. The number of carbonyl (C=O) groups excluding carboxylic acids is 2. The number of benzene rings is 2. The molecule has 0 heterocycles. The molecular weight excluding hydrogens is 321 g/mol. The molecule has 0 aliphatic heterocycles. The molecule has 0 aromatic heterocycles. The van der Waals surface area contributed by atoms with Gasteiger partial charge in [0, 0.05) is 17.5 Å². The number of nitrogens with one attached hydrogen (secondary N) is 2. The molecule has 126 valence electrons. The van der Waals surface area contributed by atoms with Crippen LogP contribution in [0.15, 0.2) is 48.5 Å². The van der Waals surface area contributed by atoms with Crippen molar-refractivity contribution in [1.82, 2.24) is 10.6 Å². The van der Waals surface area contributed by atoms with E-state index in [1.165, 1.54) is 24.3 Å². The van der Waals surface area contributed by atoms with Crippen molar-refractivity contribution >= 4 is 11.8 Å². The van der Waals surface area contributed by atoms with E-state index in [9.17, 15) is 14.0 Å². The van der Waals surface area contributed by atoms with E-state index in [1.807, 2.05) is 6.07 Å². The Kier molecular flexibility index (Phi) is 4.75. The minimum absolute atomic E-state index is 0.0183. The number of nitriles is 1. The Morgan fingerprint density at radius 2 is 1.80 bits per heavy atom. The molecule has 2 N–H and O–H groups in total. The predicted molar refractivity (Wildman–Crippen MR) is 89.2 cm³/mol. The van der Waals surface area contributed by atoms with Gasteiger partial charge in [0.05, 0.1) is 18.2 Å². The van der Waals surface area contributed by atoms with Gasteiger partial charge in [0.15, 0.2) is 0 Å². The molecule has 1 saturated carbocycles. The number of rotatable bonds is 5.